The molecule has 1 N–H and O–H groups in total. The summed E-state index contributed by atoms with van der Waals surface area (Å²) in [5.74, 6) is 0.670. The van der Waals surface area contributed by atoms with Crippen molar-refractivity contribution in [1.82, 2.24) is 4.98 Å². The van der Waals surface area contributed by atoms with E-state index in [0.29, 0.717) is 32.5 Å². The van der Waals surface area contributed by atoms with Gasteiger partial charge >= 0.3 is 5.97 Å². The van der Waals surface area contributed by atoms with E-state index >= 15 is 0 Å². The predicted octanol–water partition coefficient (Wildman–Crippen LogP) is 4.11. The Morgan fingerprint density at radius 1 is 0.958 bits per heavy atom. The van der Waals surface area contributed by atoms with Gasteiger partial charge in [0.05, 0.1) is 13.2 Å². The zero-order valence-electron chi connectivity index (χ0n) is 13.5. The van der Waals surface area contributed by atoms with Crippen LogP contribution in [0.5, 0.6) is 5.75 Å². The van der Waals surface area contributed by atoms with Crippen molar-refractivity contribution in [2.45, 2.75) is 19.3 Å². The van der Waals surface area contributed by atoms with Crippen LogP contribution in [0.2, 0.25) is 0 Å². The molecule has 0 saturated carbocycles. The maximum absolute atomic E-state index is 11.8. The highest BCUT2D eigenvalue weighted by Gasteiger charge is 2.07. The van der Waals surface area contributed by atoms with Gasteiger partial charge in [-0.25, -0.2) is 0 Å². The molecule has 124 valence electrons. The van der Waals surface area contributed by atoms with E-state index in [9.17, 15) is 4.79 Å². The zero-order valence-corrected chi connectivity index (χ0v) is 13.5. The highest BCUT2D eigenvalue weighted by atomic mass is 16.5. The lowest BCUT2D eigenvalue weighted by molar-refractivity contribution is -0.143. The number of nitrogens with one attached hydrogen (secondary N) is 1. The second kappa shape index (κ2) is 8.20. The fraction of sp³-hybridized carbons (Fsp3) is 0.250. The molecule has 1 aromatic heterocycles. The highest BCUT2D eigenvalue weighted by molar-refractivity contribution is 5.83. The number of carbonyl (C=O) groups excluding carboxylic acids is 1. The Bertz CT molecular complexity index is 780. The Kier molecular flexibility index (Phi) is 5.51. The average Bonchev–Trinajstić information content (AvgIpc) is 3.04. The van der Waals surface area contributed by atoms with Gasteiger partial charge in [0.2, 0.25) is 0 Å². The summed E-state index contributed by atoms with van der Waals surface area (Å²) in [7, 11) is 0. The van der Waals surface area contributed by atoms with Gasteiger partial charge in [-0.2, -0.15) is 0 Å². The van der Waals surface area contributed by atoms with Gasteiger partial charge in [-0.05, 0) is 30.2 Å². The number of aryl methyl sites for hydroxylation is 1. The maximum atomic E-state index is 11.8. The minimum atomic E-state index is -0.167. The normalized spacial score (nSPS) is 10.7. The van der Waals surface area contributed by atoms with Crippen LogP contribution in [-0.4, -0.2) is 24.2 Å². The lowest BCUT2D eigenvalue weighted by atomic mass is 10.1. The first kappa shape index (κ1) is 16.1. The molecule has 2 aromatic carbocycles. The molecule has 4 nitrogen and oxygen atoms in total. The first-order valence-corrected chi connectivity index (χ1v) is 8.21. The fourth-order valence-corrected chi connectivity index (χ4v) is 2.60. The number of H-pyrrole nitrogens is 1. The molecule has 0 radical (unpaired) electrons. The van der Waals surface area contributed by atoms with Crippen LogP contribution in [-0.2, 0) is 16.0 Å². The summed E-state index contributed by atoms with van der Waals surface area (Å²) >= 11 is 0. The highest BCUT2D eigenvalue weighted by Crippen LogP contribution is 2.19. The van der Waals surface area contributed by atoms with Gasteiger partial charge < -0.3 is 14.5 Å². The van der Waals surface area contributed by atoms with Gasteiger partial charge in [0, 0.05) is 29.9 Å². The van der Waals surface area contributed by atoms with E-state index in [1.165, 1.54) is 5.39 Å². The van der Waals surface area contributed by atoms with Crippen LogP contribution in [0.3, 0.4) is 0 Å². The summed E-state index contributed by atoms with van der Waals surface area (Å²) in [6, 6.07) is 17.7. The van der Waals surface area contributed by atoms with Crippen molar-refractivity contribution in [3.8, 4) is 5.75 Å². The van der Waals surface area contributed by atoms with Crippen molar-refractivity contribution >= 4 is 16.9 Å². The smallest absolute Gasteiger partial charge is 0.306 e. The molecule has 0 aliphatic heterocycles. The van der Waals surface area contributed by atoms with E-state index in [0.717, 1.165) is 16.8 Å². The first-order valence-electron chi connectivity index (χ1n) is 8.21. The van der Waals surface area contributed by atoms with Gasteiger partial charge in [-0.3, -0.25) is 4.79 Å². The van der Waals surface area contributed by atoms with Crippen molar-refractivity contribution in [2.24, 2.45) is 0 Å². The summed E-state index contributed by atoms with van der Waals surface area (Å²) < 4.78 is 10.8. The Hall–Kier alpha value is -2.75. The van der Waals surface area contributed by atoms with Gasteiger partial charge in [0.15, 0.2) is 0 Å². The minimum absolute atomic E-state index is 0.167. The number of para-hydroxylation sites is 2. The lowest BCUT2D eigenvalue weighted by Gasteiger charge is -2.07. The number of benzene rings is 2. The average molecular weight is 323 g/mol. The molecule has 0 fully saturated rings. The quantitative estimate of drug-likeness (QED) is 0.501. The topological polar surface area (TPSA) is 51.3 Å². The number of hydrogen-bond donors (Lipinski definition) is 1. The molecule has 0 aliphatic carbocycles. The molecule has 0 amide bonds. The molecule has 1 heterocycles. The Labute approximate surface area is 141 Å². The Morgan fingerprint density at radius 2 is 1.75 bits per heavy atom. The van der Waals surface area contributed by atoms with Gasteiger partial charge in [-0.15, -0.1) is 0 Å². The number of ether oxygens (including phenoxy) is 2. The molecule has 0 atom stereocenters. The van der Waals surface area contributed by atoms with Crippen LogP contribution in [0.4, 0.5) is 0 Å². The number of rotatable bonds is 8. The van der Waals surface area contributed by atoms with E-state index < -0.39 is 0 Å². The second-order valence-corrected chi connectivity index (χ2v) is 5.60. The number of esters is 1. The van der Waals surface area contributed by atoms with E-state index in [2.05, 4.69) is 11.1 Å². The molecule has 0 unspecified atom stereocenters. The fourth-order valence-electron chi connectivity index (χ4n) is 2.60. The van der Waals surface area contributed by atoms with Crippen LogP contribution >= 0.6 is 0 Å². The van der Waals surface area contributed by atoms with Crippen LogP contribution in [0.25, 0.3) is 10.9 Å². The van der Waals surface area contributed by atoms with Crippen molar-refractivity contribution in [3.63, 3.8) is 0 Å². The van der Waals surface area contributed by atoms with E-state index in [1.807, 2.05) is 54.7 Å². The summed E-state index contributed by atoms with van der Waals surface area (Å²) in [5, 5.41) is 1.17. The van der Waals surface area contributed by atoms with Gasteiger partial charge in [0.1, 0.15) is 5.75 Å². The summed E-state index contributed by atoms with van der Waals surface area (Å²) in [5.41, 5.74) is 2.24. The monoisotopic (exact) mass is 323 g/mol. The van der Waals surface area contributed by atoms with Crippen molar-refractivity contribution in [2.75, 3.05) is 13.2 Å². The SMILES string of the molecule is O=C(CCc1c[nH]c2ccccc12)OCCCOc1ccccc1. The van der Waals surface area contributed by atoms with E-state index in [-0.39, 0.29) is 5.97 Å². The molecule has 0 spiro atoms. The summed E-state index contributed by atoms with van der Waals surface area (Å²) in [6.07, 6.45) is 3.73. The summed E-state index contributed by atoms with van der Waals surface area (Å²) in [6.45, 7) is 0.930. The maximum Gasteiger partial charge on any atom is 0.306 e. The van der Waals surface area contributed by atoms with Gasteiger partial charge in [-0.1, -0.05) is 36.4 Å². The number of aromatic nitrogens is 1. The zero-order chi connectivity index (χ0) is 16.6. The van der Waals surface area contributed by atoms with Gasteiger partial charge in [0.25, 0.3) is 0 Å². The van der Waals surface area contributed by atoms with Crippen LogP contribution in [0, 0.1) is 0 Å². The van der Waals surface area contributed by atoms with Crippen molar-refractivity contribution < 1.29 is 14.3 Å². The standard InChI is InChI=1S/C20H21NO3/c22-20(24-14-6-13-23-17-7-2-1-3-8-17)12-11-16-15-21-19-10-5-4-9-18(16)19/h1-5,7-10,15,21H,6,11-14H2. The molecule has 0 aliphatic rings. The molecular formula is C20H21NO3. The third kappa shape index (κ3) is 4.38. The molecule has 0 bridgehead atoms. The molecule has 0 saturated heterocycles. The molecule has 24 heavy (non-hydrogen) atoms. The Morgan fingerprint density at radius 3 is 2.62 bits per heavy atom. The second-order valence-electron chi connectivity index (χ2n) is 5.60. The molecule has 3 rings (SSSR count). The molecule has 4 heteroatoms. The number of fused-ring (bicyclic) bond motifs is 1. The predicted molar refractivity (Wildman–Crippen MR) is 94.1 cm³/mol. The largest absolute Gasteiger partial charge is 0.493 e. The number of hydrogen-bond acceptors (Lipinski definition) is 3. The third-order valence-electron chi connectivity index (χ3n) is 3.84. The van der Waals surface area contributed by atoms with Crippen molar-refractivity contribution in [1.29, 1.82) is 0 Å². The molecule has 3 aromatic rings. The first-order chi connectivity index (χ1) is 11.8. The van der Waals surface area contributed by atoms with Crippen molar-refractivity contribution in [3.05, 3.63) is 66.4 Å². The minimum Gasteiger partial charge on any atom is -0.493 e. The van der Waals surface area contributed by atoms with Crippen LogP contribution in [0.15, 0.2) is 60.8 Å². The Balaban J connectivity index is 1.34. The van der Waals surface area contributed by atoms with E-state index in [4.69, 9.17) is 9.47 Å². The lowest BCUT2D eigenvalue weighted by Crippen LogP contribution is -2.09. The number of aromatic amines is 1. The number of carbonyl (C=O) groups is 1. The molecular weight excluding hydrogens is 302 g/mol. The summed E-state index contributed by atoms with van der Waals surface area (Å²) in [4.78, 5) is 15.1. The van der Waals surface area contributed by atoms with Crippen LogP contribution < -0.4 is 4.74 Å². The van der Waals surface area contributed by atoms with E-state index in [1.54, 1.807) is 0 Å². The van der Waals surface area contributed by atoms with Crippen LogP contribution in [0.1, 0.15) is 18.4 Å². The third-order valence-corrected chi connectivity index (χ3v) is 3.84.